The molecule has 0 bridgehead atoms. The summed E-state index contributed by atoms with van der Waals surface area (Å²) < 4.78 is 13.6. The minimum absolute atomic E-state index is 0.212. The van der Waals surface area contributed by atoms with E-state index >= 15 is 0 Å². The molecular formula is C16H17FN2S. The van der Waals surface area contributed by atoms with Crippen molar-refractivity contribution in [3.05, 3.63) is 65.0 Å². The number of benzene rings is 2. The van der Waals surface area contributed by atoms with E-state index in [-0.39, 0.29) is 10.8 Å². The molecule has 0 saturated heterocycles. The van der Waals surface area contributed by atoms with Crippen molar-refractivity contribution in [3.8, 4) is 0 Å². The van der Waals surface area contributed by atoms with E-state index in [0.717, 1.165) is 11.3 Å². The van der Waals surface area contributed by atoms with Crippen LogP contribution in [0.3, 0.4) is 0 Å². The van der Waals surface area contributed by atoms with Crippen LogP contribution < -0.4 is 10.6 Å². The Hall–Kier alpha value is -1.94. The molecule has 0 aliphatic carbocycles. The highest BCUT2D eigenvalue weighted by atomic mass is 32.1. The Balaban J connectivity index is 2.21. The van der Waals surface area contributed by atoms with Gasteiger partial charge in [0.2, 0.25) is 0 Å². The Bertz CT molecular complexity index is 623. The Labute approximate surface area is 124 Å². The monoisotopic (exact) mass is 288 g/mol. The van der Waals surface area contributed by atoms with Gasteiger partial charge in [-0.25, -0.2) is 4.39 Å². The van der Waals surface area contributed by atoms with Crippen molar-refractivity contribution in [2.75, 3.05) is 11.9 Å². The lowest BCUT2D eigenvalue weighted by atomic mass is 10.1. The highest BCUT2D eigenvalue weighted by molar-refractivity contribution is 7.80. The molecule has 2 aromatic rings. The number of hydrogen-bond acceptors (Lipinski definition) is 2. The van der Waals surface area contributed by atoms with E-state index in [1.807, 2.05) is 32.2 Å². The number of anilines is 1. The largest absolute Gasteiger partial charge is 0.389 e. The fraction of sp³-hybridized carbons (Fsp3) is 0.188. The molecule has 2 nitrogen and oxygen atoms in total. The number of rotatable bonds is 4. The molecular weight excluding hydrogens is 271 g/mol. The number of aryl methyl sites for hydroxylation is 1. The van der Waals surface area contributed by atoms with Gasteiger partial charge in [0.05, 0.1) is 0 Å². The minimum Gasteiger partial charge on any atom is -0.389 e. The molecule has 0 spiro atoms. The average Bonchev–Trinajstić information content (AvgIpc) is 2.38. The first kappa shape index (κ1) is 14.5. The second kappa shape index (κ2) is 6.01. The highest BCUT2D eigenvalue weighted by Crippen LogP contribution is 2.17. The summed E-state index contributed by atoms with van der Waals surface area (Å²) in [4.78, 5) is 2.26. The van der Waals surface area contributed by atoms with Crippen LogP contribution >= 0.6 is 12.2 Å². The van der Waals surface area contributed by atoms with E-state index in [0.29, 0.717) is 12.1 Å². The number of halogens is 1. The van der Waals surface area contributed by atoms with E-state index in [1.54, 1.807) is 0 Å². The smallest absolute Gasteiger partial charge is 0.124 e. The summed E-state index contributed by atoms with van der Waals surface area (Å²) in [7, 11) is 1.97. The number of hydrogen-bond donors (Lipinski definition) is 1. The van der Waals surface area contributed by atoms with E-state index < -0.39 is 0 Å². The molecule has 0 atom stereocenters. The van der Waals surface area contributed by atoms with Gasteiger partial charge in [-0.2, -0.15) is 0 Å². The van der Waals surface area contributed by atoms with Gasteiger partial charge in [-0.15, -0.1) is 0 Å². The van der Waals surface area contributed by atoms with Crippen molar-refractivity contribution < 1.29 is 4.39 Å². The summed E-state index contributed by atoms with van der Waals surface area (Å²) in [6.07, 6.45) is 0. The molecule has 0 aliphatic heterocycles. The summed E-state index contributed by atoms with van der Waals surface area (Å²) in [6, 6.07) is 12.9. The predicted octanol–water partition coefficient (Wildman–Crippen LogP) is 3.40. The molecule has 2 aromatic carbocycles. The first-order valence-electron chi connectivity index (χ1n) is 6.33. The molecule has 0 fully saturated rings. The second-order valence-electron chi connectivity index (χ2n) is 4.90. The van der Waals surface area contributed by atoms with Crippen molar-refractivity contribution in [3.63, 3.8) is 0 Å². The summed E-state index contributed by atoms with van der Waals surface area (Å²) >= 11 is 4.90. The van der Waals surface area contributed by atoms with Crippen LogP contribution in [0.15, 0.2) is 42.5 Å². The molecule has 2 rings (SSSR count). The van der Waals surface area contributed by atoms with Gasteiger partial charge in [0.1, 0.15) is 10.8 Å². The van der Waals surface area contributed by atoms with Gasteiger partial charge in [0.25, 0.3) is 0 Å². The van der Waals surface area contributed by atoms with E-state index in [1.165, 1.54) is 17.7 Å². The molecule has 0 unspecified atom stereocenters. The zero-order valence-corrected chi connectivity index (χ0v) is 12.4. The van der Waals surface area contributed by atoms with Crippen LogP contribution in [0, 0.1) is 12.7 Å². The van der Waals surface area contributed by atoms with Crippen LogP contribution in [-0.2, 0) is 6.54 Å². The van der Waals surface area contributed by atoms with Gasteiger partial charge in [0, 0.05) is 24.8 Å². The first-order chi connectivity index (χ1) is 9.45. The fourth-order valence-corrected chi connectivity index (χ4v) is 2.17. The highest BCUT2D eigenvalue weighted by Gasteiger charge is 2.06. The third-order valence-corrected chi connectivity index (χ3v) is 3.37. The number of nitrogens with zero attached hydrogens (tertiary/aromatic N) is 1. The Morgan fingerprint density at radius 1 is 1.20 bits per heavy atom. The van der Waals surface area contributed by atoms with Crippen LogP contribution in [0.4, 0.5) is 10.1 Å². The maximum Gasteiger partial charge on any atom is 0.124 e. The summed E-state index contributed by atoms with van der Waals surface area (Å²) in [5.41, 5.74) is 9.26. The molecule has 0 aromatic heterocycles. The average molecular weight is 288 g/mol. The lowest BCUT2D eigenvalue weighted by molar-refractivity contribution is 0.624. The topological polar surface area (TPSA) is 29.3 Å². The van der Waals surface area contributed by atoms with Gasteiger partial charge >= 0.3 is 0 Å². The van der Waals surface area contributed by atoms with Crippen molar-refractivity contribution in [2.24, 2.45) is 5.73 Å². The van der Waals surface area contributed by atoms with Crippen LogP contribution in [0.25, 0.3) is 0 Å². The van der Waals surface area contributed by atoms with E-state index in [2.05, 4.69) is 17.0 Å². The summed E-state index contributed by atoms with van der Waals surface area (Å²) in [6.45, 7) is 2.64. The Kier molecular flexibility index (Phi) is 4.35. The zero-order chi connectivity index (χ0) is 14.7. The van der Waals surface area contributed by atoms with Gasteiger partial charge in [0.15, 0.2) is 0 Å². The molecule has 4 heteroatoms. The SMILES string of the molecule is Cc1ccc(N(C)Cc2cc(F)cc(C(N)=S)c2)cc1. The molecule has 0 saturated carbocycles. The van der Waals surface area contributed by atoms with Gasteiger partial charge < -0.3 is 10.6 Å². The fourth-order valence-electron chi connectivity index (χ4n) is 2.05. The second-order valence-corrected chi connectivity index (χ2v) is 5.34. The van der Waals surface area contributed by atoms with Crippen molar-refractivity contribution in [1.29, 1.82) is 0 Å². The third kappa shape index (κ3) is 3.54. The van der Waals surface area contributed by atoms with Crippen LogP contribution in [0.2, 0.25) is 0 Å². The molecule has 104 valence electrons. The van der Waals surface area contributed by atoms with Gasteiger partial charge in [-0.3, -0.25) is 0 Å². The molecule has 0 radical (unpaired) electrons. The normalized spacial score (nSPS) is 10.3. The van der Waals surface area contributed by atoms with Crippen molar-refractivity contribution in [2.45, 2.75) is 13.5 Å². The molecule has 0 aliphatic rings. The molecule has 20 heavy (non-hydrogen) atoms. The molecule has 2 N–H and O–H groups in total. The van der Waals surface area contributed by atoms with Gasteiger partial charge in [-0.1, -0.05) is 29.9 Å². The van der Waals surface area contributed by atoms with E-state index in [9.17, 15) is 4.39 Å². The van der Waals surface area contributed by atoms with Gasteiger partial charge in [-0.05, 0) is 42.8 Å². The predicted molar refractivity (Wildman–Crippen MR) is 85.6 cm³/mol. The Morgan fingerprint density at radius 2 is 1.85 bits per heavy atom. The first-order valence-corrected chi connectivity index (χ1v) is 6.73. The number of nitrogens with two attached hydrogens (primary N) is 1. The Morgan fingerprint density at radius 3 is 2.45 bits per heavy atom. The van der Waals surface area contributed by atoms with Crippen LogP contribution in [0.5, 0.6) is 0 Å². The minimum atomic E-state index is -0.317. The van der Waals surface area contributed by atoms with Crippen molar-refractivity contribution in [1.82, 2.24) is 0 Å². The zero-order valence-electron chi connectivity index (χ0n) is 11.6. The summed E-state index contributed by atoms with van der Waals surface area (Å²) in [5.74, 6) is -0.317. The van der Waals surface area contributed by atoms with E-state index in [4.69, 9.17) is 18.0 Å². The van der Waals surface area contributed by atoms with Crippen molar-refractivity contribution >= 4 is 22.9 Å². The molecule has 0 heterocycles. The van der Waals surface area contributed by atoms with Crippen LogP contribution in [-0.4, -0.2) is 12.0 Å². The summed E-state index contributed by atoms with van der Waals surface area (Å²) in [5, 5.41) is 0. The lowest BCUT2D eigenvalue weighted by Crippen LogP contribution is -2.17. The third-order valence-electron chi connectivity index (χ3n) is 3.14. The maximum atomic E-state index is 13.6. The maximum absolute atomic E-state index is 13.6. The quantitative estimate of drug-likeness (QED) is 0.874. The number of thiocarbonyl (C=S) groups is 1. The molecule has 0 amide bonds. The van der Waals surface area contributed by atoms with Crippen LogP contribution in [0.1, 0.15) is 16.7 Å². The lowest BCUT2D eigenvalue weighted by Gasteiger charge is -2.20. The standard InChI is InChI=1S/C16H17FN2S/c1-11-3-5-15(6-4-11)19(2)10-12-7-13(16(18)20)9-14(17)8-12/h3-9H,10H2,1-2H3,(H2,18,20).